The summed E-state index contributed by atoms with van der Waals surface area (Å²) in [6.07, 6.45) is 5.81. The van der Waals surface area contributed by atoms with Crippen LogP contribution in [0.2, 0.25) is 0 Å². The van der Waals surface area contributed by atoms with Crippen molar-refractivity contribution in [3.63, 3.8) is 0 Å². The van der Waals surface area contributed by atoms with Crippen LogP contribution in [0.25, 0.3) is 0 Å². The number of hydrogen-bond acceptors (Lipinski definition) is 3. The maximum Gasteiger partial charge on any atom is 0.259 e. The summed E-state index contributed by atoms with van der Waals surface area (Å²) in [5.74, 6) is 0.775. The van der Waals surface area contributed by atoms with Crippen molar-refractivity contribution < 1.29 is 19.1 Å². The van der Waals surface area contributed by atoms with Gasteiger partial charge < -0.3 is 14.7 Å². The standard InChI is InChI=1S/C27H37N2O3.C2H6/c1-29(2,21-32-25-15-7-4-8-16-25)24-17-19-28(20-18-24)26(30)27(31,23-13-9-10-14-23)22-11-5-3-6-12-22;1-2/h3-8,11-12,15-16,23-24,31H,9-10,13-14,17-21H2,1-2H3;1-2H3/q+1;. The lowest BCUT2D eigenvalue weighted by molar-refractivity contribution is -0.930. The first-order chi connectivity index (χ1) is 16.4. The van der Waals surface area contributed by atoms with Gasteiger partial charge in [0.2, 0.25) is 6.73 Å². The third kappa shape index (κ3) is 5.81. The molecular formula is C29H43N2O3+. The van der Waals surface area contributed by atoms with E-state index in [0.717, 1.165) is 54.3 Å². The Morgan fingerprint density at radius 1 is 0.941 bits per heavy atom. The number of amides is 1. The highest BCUT2D eigenvalue weighted by molar-refractivity contribution is 5.87. The van der Waals surface area contributed by atoms with Crippen molar-refractivity contribution in [3.05, 3.63) is 66.2 Å². The summed E-state index contributed by atoms with van der Waals surface area (Å²) in [4.78, 5) is 15.6. The van der Waals surface area contributed by atoms with Gasteiger partial charge in [-0.05, 0) is 30.5 Å². The number of quaternary nitrogens is 1. The Bertz CT molecular complexity index is 873. The summed E-state index contributed by atoms with van der Waals surface area (Å²) in [7, 11) is 4.40. The Hall–Kier alpha value is -2.37. The molecule has 0 aromatic heterocycles. The van der Waals surface area contributed by atoms with Crippen molar-refractivity contribution in [1.29, 1.82) is 0 Å². The Morgan fingerprint density at radius 3 is 2.03 bits per heavy atom. The van der Waals surface area contributed by atoms with Crippen LogP contribution in [0.4, 0.5) is 0 Å². The zero-order valence-electron chi connectivity index (χ0n) is 21.5. The fourth-order valence-corrected chi connectivity index (χ4v) is 5.44. The van der Waals surface area contributed by atoms with Gasteiger partial charge in [-0.25, -0.2) is 0 Å². The minimum absolute atomic E-state index is 0.00150. The molecule has 2 aromatic rings. The Balaban J connectivity index is 0.00000158. The maximum absolute atomic E-state index is 13.7. The third-order valence-electron chi connectivity index (χ3n) is 7.53. The molecule has 1 aliphatic carbocycles. The quantitative estimate of drug-likeness (QED) is 0.450. The van der Waals surface area contributed by atoms with E-state index in [1.54, 1.807) is 0 Å². The van der Waals surface area contributed by atoms with Crippen LogP contribution in [0.3, 0.4) is 0 Å². The molecule has 1 aliphatic heterocycles. The van der Waals surface area contributed by atoms with E-state index in [2.05, 4.69) is 14.1 Å². The van der Waals surface area contributed by atoms with Gasteiger partial charge in [-0.15, -0.1) is 0 Å². The topological polar surface area (TPSA) is 49.8 Å². The molecule has 2 aliphatic rings. The normalized spacial score (nSPS) is 19.1. The minimum Gasteiger partial charge on any atom is -0.445 e. The predicted octanol–water partition coefficient (Wildman–Crippen LogP) is 5.19. The number of rotatable bonds is 7. The Morgan fingerprint density at radius 2 is 1.47 bits per heavy atom. The number of likely N-dealkylation sites (tertiary alicyclic amines) is 1. The van der Waals surface area contributed by atoms with E-state index < -0.39 is 5.60 Å². The van der Waals surface area contributed by atoms with Crippen molar-refractivity contribution in [2.24, 2.45) is 5.92 Å². The van der Waals surface area contributed by atoms with Crippen LogP contribution in [-0.4, -0.2) is 60.4 Å². The van der Waals surface area contributed by atoms with Crippen molar-refractivity contribution in [2.75, 3.05) is 33.9 Å². The summed E-state index contributed by atoms with van der Waals surface area (Å²) in [5.41, 5.74) is -0.669. The molecule has 1 amide bonds. The van der Waals surface area contributed by atoms with Gasteiger partial charge in [0.25, 0.3) is 5.91 Å². The number of nitrogens with zero attached hydrogens (tertiary/aromatic N) is 2. The second-order valence-corrected chi connectivity index (χ2v) is 10.0. The molecule has 1 atom stereocenters. The number of carbonyl (C=O) groups excluding carboxylic acids is 1. The lowest BCUT2D eigenvalue weighted by atomic mass is 9.78. The van der Waals surface area contributed by atoms with Crippen LogP contribution in [0, 0.1) is 5.92 Å². The van der Waals surface area contributed by atoms with Crippen LogP contribution in [0.5, 0.6) is 5.75 Å². The first-order valence-electron chi connectivity index (χ1n) is 13.0. The van der Waals surface area contributed by atoms with Crippen LogP contribution < -0.4 is 4.74 Å². The van der Waals surface area contributed by atoms with Crippen molar-refractivity contribution in [2.45, 2.75) is 64.0 Å². The number of para-hydroxylation sites is 1. The van der Waals surface area contributed by atoms with Gasteiger partial charge in [-0.3, -0.25) is 9.28 Å². The summed E-state index contributed by atoms with van der Waals surface area (Å²) < 4.78 is 6.78. The van der Waals surface area contributed by atoms with Crippen molar-refractivity contribution in [3.8, 4) is 5.75 Å². The molecule has 1 saturated heterocycles. The second kappa shape index (κ2) is 11.9. The molecule has 5 heteroatoms. The van der Waals surface area contributed by atoms with E-state index in [9.17, 15) is 9.90 Å². The molecule has 1 N–H and O–H groups in total. The molecule has 0 bridgehead atoms. The highest BCUT2D eigenvalue weighted by atomic mass is 16.5. The van der Waals surface area contributed by atoms with E-state index in [1.807, 2.05) is 79.4 Å². The van der Waals surface area contributed by atoms with Gasteiger partial charge in [0.05, 0.1) is 20.1 Å². The van der Waals surface area contributed by atoms with Crippen LogP contribution in [0.1, 0.15) is 57.9 Å². The highest BCUT2D eigenvalue weighted by Gasteiger charge is 2.49. The third-order valence-corrected chi connectivity index (χ3v) is 7.53. The summed E-state index contributed by atoms with van der Waals surface area (Å²) in [6, 6.07) is 19.9. The van der Waals surface area contributed by atoms with E-state index in [1.165, 1.54) is 0 Å². The van der Waals surface area contributed by atoms with Crippen molar-refractivity contribution in [1.82, 2.24) is 4.90 Å². The molecular weight excluding hydrogens is 424 g/mol. The van der Waals surface area contributed by atoms with Crippen molar-refractivity contribution >= 4 is 5.91 Å². The highest BCUT2D eigenvalue weighted by Crippen LogP contribution is 2.42. The van der Waals surface area contributed by atoms with Gasteiger partial charge in [-0.1, -0.05) is 75.2 Å². The van der Waals surface area contributed by atoms with E-state index >= 15 is 0 Å². The number of aliphatic hydroxyl groups is 1. The first-order valence-corrected chi connectivity index (χ1v) is 13.0. The average Bonchev–Trinajstić information content (AvgIpc) is 3.45. The number of benzene rings is 2. The lowest BCUT2D eigenvalue weighted by Crippen LogP contribution is -2.58. The number of ether oxygens (including phenoxy) is 1. The van der Waals surface area contributed by atoms with Gasteiger partial charge in [-0.2, -0.15) is 0 Å². The number of piperidine rings is 1. The van der Waals surface area contributed by atoms with Crippen LogP contribution in [0.15, 0.2) is 60.7 Å². The molecule has 0 spiro atoms. The van der Waals surface area contributed by atoms with Gasteiger partial charge >= 0.3 is 0 Å². The van der Waals surface area contributed by atoms with E-state index in [-0.39, 0.29) is 11.8 Å². The molecule has 1 saturated carbocycles. The molecule has 5 nitrogen and oxygen atoms in total. The molecule has 4 rings (SSSR count). The maximum atomic E-state index is 13.7. The largest absolute Gasteiger partial charge is 0.445 e. The predicted molar refractivity (Wildman–Crippen MR) is 137 cm³/mol. The van der Waals surface area contributed by atoms with E-state index in [4.69, 9.17) is 4.74 Å². The molecule has 1 unspecified atom stereocenters. The van der Waals surface area contributed by atoms with Gasteiger partial charge in [0, 0.05) is 31.8 Å². The van der Waals surface area contributed by atoms with Crippen LogP contribution in [-0.2, 0) is 10.4 Å². The second-order valence-electron chi connectivity index (χ2n) is 10.0. The molecule has 186 valence electrons. The fraction of sp³-hybridized carbons (Fsp3) is 0.552. The monoisotopic (exact) mass is 467 g/mol. The molecule has 1 heterocycles. The van der Waals surface area contributed by atoms with Gasteiger partial charge in [0.15, 0.2) is 5.60 Å². The van der Waals surface area contributed by atoms with E-state index in [0.29, 0.717) is 25.9 Å². The molecule has 2 aromatic carbocycles. The minimum atomic E-state index is -1.41. The zero-order valence-corrected chi connectivity index (χ0v) is 21.5. The summed E-state index contributed by atoms with van der Waals surface area (Å²) in [5, 5.41) is 11.8. The Labute approximate surface area is 205 Å². The summed E-state index contributed by atoms with van der Waals surface area (Å²) >= 11 is 0. The zero-order chi connectivity index (χ0) is 24.6. The Kier molecular flexibility index (Phi) is 9.15. The first kappa shape index (κ1) is 26.2. The smallest absolute Gasteiger partial charge is 0.259 e. The number of carbonyl (C=O) groups is 1. The molecule has 0 radical (unpaired) electrons. The number of hydrogen-bond donors (Lipinski definition) is 1. The summed E-state index contributed by atoms with van der Waals surface area (Å²) in [6.45, 7) is 5.95. The fourth-order valence-electron chi connectivity index (χ4n) is 5.44. The molecule has 34 heavy (non-hydrogen) atoms. The lowest BCUT2D eigenvalue weighted by Gasteiger charge is -2.44. The average molecular weight is 468 g/mol. The van der Waals surface area contributed by atoms with Crippen LogP contribution >= 0.6 is 0 Å². The van der Waals surface area contributed by atoms with Gasteiger partial charge in [0.1, 0.15) is 5.75 Å². The SMILES string of the molecule is CC.C[N+](C)(COc1ccccc1)C1CCN(C(=O)C(O)(c2ccccc2)C2CCCC2)CC1. The molecule has 2 fully saturated rings.